The van der Waals surface area contributed by atoms with Crippen LogP contribution in [0.25, 0.3) is 17.0 Å². The molecule has 176 valence electrons. The molecule has 4 rings (SSSR count). The van der Waals surface area contributed by atoms with Gasteiger partial charge in [-0.3, -0.25) is 19.2 Å². The van der Waals surface area contributed by atoms with Crippen molar-refractivity contribution < 1.29 is 14.8 Å². The molecule has 2 amide bonds. The highest BCUT2D eigenvalue weighted by Gasteiger charge is 2.16. The van der Waals surface area contributed by atoms with Gasteiger partial charge in [-0.15, -0.1) is 11.3 Å². The summed E-state index contributed by atoms with van der Waals surface area (Å²) >= 11 is 1.43. The molecule has 0 spiro atoms. The molecular weight excluding hydrogens is 454 g/mol. The Morgan fingerprint density at radius 3 is 2.50 bits per heavy atom. The second kappa shape index (κ2) is 10.00. The largest absolute Gasteiger partial charge is 0.351 e. The van der Waals surface area contributed by atoms with Gasteiger partial charge in [0.05, 0.1) is 17.0 Å². The Morgan fingerprint density at radius 2 is 1.79 bits per heavy atom. The molecule has 1 aromatic carbocycles. The summed E-state index contributed by atoms with van der Waals surface area (Å²) in [6.07, 6.45) is 1.78. The van der Waals surface area contributed by atoms with Crippen LogP contribution in [-0.2, 0) is 0 Å². The van der Waals surface area contributed by atoms with Crippen LogP contribution in [0.3, 0.4) is 0 Å². The molecule has 0 saturated carbocycles. The molecule has 0 aliphatic rings. The molecule has 0 unspecified atom stereocenters. The minimum atomic E-state index is -0.572. The van der Waals surface area contributed by atoms with Gasteiger partial charge >= 0.3 is 0 Å². The quantitative estimate of drug-likeness (QED) is 0.226. The molecule has 0 aliphatic heterocycles. The highest BCUT2D eigenvalue weighted by Crippen LogP contribution is 2.30. The number of benzene rings is 1. The molecule has 3 aromatic heterocycles. The first-order valence-electron chi connectivity index (χ1n) is 10.5. The van der Waals surface area contributed by atoms with E-state index < -0.39 is 5.91 Å². The van der Waals surface area contributed by atoms with Crippen LogP contribution in [0.1, 0.15) is 26.4 Å². The van der Waals surface area contributed by atoms with Gasteiger partial charge < -0.3 is 15.5 Å². The fourth-order valence-corrected chi connectivity index (χ4v) is 4.15. The van der Waals surface area contributed by atoms with E-state index in [0.29, 0.717) is 22.8 Å². The topological polar surface area (TPSA) is 124 Å². The zero-order valence-electron chi connectivity index (χ0n) is 19.0. The number of nitrogens with zero attached hydrogens (tertiary/aromatic N) is 4. The number of amides is 2. The molecule has 10 nitrogen and oxygen atoms in total. The van der Waals surface area contributed by atoms with Gasteiger partial charge in [-0.25, -0.2) is 15.4 Å². The summed E-state index contributed by atoms with van der Waals surface area (Å²) in [6, 6.07) is 10.3. The van der Waals surface area contributed by atoms with Crippen LogP contribution < -0.4 is 16.1 Å². The summed E-state index contributed by atoms with van der Waals surface area (Å²) in [6.45, 7) is 3.23. The Morgan fingerprint density at radius 1 is 1.06 bits per heavy atom. The van der Waals surface area contributed by atoms with Gasteiger partial charge in [0, 0.05) is 35.9 Å². The molecule has 11 heteroatoms. The summed E-state index contributed by atoms with van der Waals surface area (Å²) in [4.78, 5) is 35.4. The minimum absolute atomic E-state index is 0.139. The predicted molar refractivity (Wildman–Crippen MR) is 131 cm³/mol. The number of aromatic nitrogens is 3. The van der Waals surface area contributed by atoms with Gasteiger partial charge in [-0.2, -0.15) is 0 Å². The van der Waals surface area contributed by atoms with E-state index in [1.807, 2.05) is 41.8 Å². The van der Waals surface area contributed by atoms with Crippen molar-refractivity contribution in [1.29, 1.82) is 0 Å². The van der Waals surface area contributed by atoms with Crippen molar-refractivity contribution in [2.75, 3.05) is 32.5 Å². The third-order valence-corrected chi connectivity index (χ3v) is 5.90. The number of anilines is 2. The summed E-state index contributed by atoms with van der Waals surface area (Å²) < 4.78 is 1.89. The van der Waals surface area contributed by atoms with Crippen molar-refractivity contribution >= 4 is 39.6 Å². The molecule has 3 heterocycles. The van der Waals surface area contributed by atoms with E-state index >= 15 is 0 Å². The maximum absolute atomic E-state index is 12.6. The molecule has 4 aromatic rings. The highest BCUT2D eigenvalue weighted by molar-refractivity contribution is 7.14. The van der Waals surface area contributed by atoms with Gasteiger partial charge in [0.15, 0.2) is 5.13 Å². The third-order valence-electron chi connectivity index (χ3n) is 5.15. The van der Waals surface area contributed by atoms with E-state index in [0.717, 1.165) is 35.0 Å². The fourth-order valence-electron chi connectivity index (χ4n) is 3.43. The van der Waals surface area contributed by atoms with Crippen molar-refractivity contribution in [3.63, 3.8) is 0 Å². The van der Waals surface area contributed by atoms with Crippen LogP contribution in [0.15, 0.2) is 48.0 Å². The third kappa shape index (κ3) is 5.06. The van der Waals surface area contributed by atoms with Gasteiger partial charge in [-0.05, 0) is 57.4 Å². The Hall–Kier alpha value is -3.80. The Balaban J connectivity index is 1.56. The number of rotatable bonds is 8. The van der Waals surface area contributed by atoms with E-state index in [4.69, 9.17) is 10.2 Å². The van der Waals surface area contributed by atoms with Crippen molar-refractivity contribution in [2.24, 2.45) is 0 Å². The molecule has 0 saturated heterocycles. The standard InChI is InChI=1S/C23H25N7O3S/c1-14-20(30-12-16(6-9-19(30)25-14)21(31)24-10-11-29(2)3)18-13-34-23(27-18)26-17-7-4-15(5-8-17)22(32)28-33/h4-9,12-13,33H,10-11H2,1-3H3,(H,24,31)(H,26,27)(H,28,32). The van der Waals surface area contributed by atoms with E-state index in [9.17, 15) is 9.59 Å². The summed E-state index contributed by atoms with van der Waals surface area (Å²) in [5.74, 6) is -0.711. The monoisotopic (exact) mass is 479 g/mol. The molecule has 4 N–H and O–H groups in total. The van der Waals surface area contributed by atoms with Gasteiger partial charge in [0.25, 0.3) is 11.8 Å². The number of nitrogens with one attached hydrogen (secondary N) is 3. The second-order valence-electron chi connectivity index (χ2n) is 7.93. The van der Waals surface area contributed by atoms with Crippen molar-refractivity contribution in [2.45, 2.75) is 6.92 Å². The number of hydrogen-bond acceptors (Lipinski definition) is 8. The second-order valence-corrected chi connectivity index (χ2v) is 8.79. The maximum Gasteiger partial charge on any atom is 0.274 e. The lowest BCUT2D eigenvalue weighted by Gasteiger charge is -2.10. The molecular formula is C23H25N7O3S. The van der Waals surface area contributed by atoms with E-state index in [-0.39, 0.29) is 5.91 Å². The Bertz CT molecular complexity index is 1330. The minimum Gasteiger partial charge on any atom is -0.351 e. The van der Waals surface area contributed by atoms with E-state index in [2.05, 4.69) is 15.6 Å². The highest BCUT2D eigenvalue weighted by atomic mass is 32.1. The van der Waals surface area contributed by atoms with Gasteiger partial charge in [-0.1, -0.05) is 0 Å². The number of fused-ring (bicyclic) bond motifs is 1. The lowest BCUT2D eigenvalue weighted by Crippen LogP contribution is -2.31. The average molecular weight is 480 g/mol. The molecule has 0 aliphatic carbocycles. The van der Waals surface area contributed by atoms with E-state index in [1.165, 1.54) is 11.3 Å². The van der Waals surface area contributed by atoms with Gasteiger partial charge in [0.1, 0.15) is 11.3 Å². The number of hydrogen-bond donors (Lipinski definition) is 4. The Labute approximate surface area is 200 Å². The molecule has 0 atom stereocenters. The van der Waals surface area contributed by atoms with Crippen molar-refractivity contribution in [3.8, 4) is 11.4 Å². The first-order valence-corrected chi connectivity index (χ1v) is 11.4. The molecule has 0 fully saturated rings. The number of imidazole rings is 1. The number of thiazole rings is 1. The number of carbonyl (C=O) groups is 2. The van der Waals surface area contributed by atoms with Crippen LogP contribution in [0, 0.1) is 6.92 Å². The zero-order valence-corrected chi connectivity index (χ0v) is 19.8. The van der Waals surface area contributed by atoms with Crippen molar-refractivity contribution in [1.82, 2.24) is 30.1 Å². The zero-order chi connectivity index (χ0) is 24.2. The normalized spacial score (nSPS) is 11.1. The van der Waals surface area contributed by atoms with Gasteiger partial charge in [0.2, 0.25) is 0 Å². The van der Waals surface area contributed by atoms with Crippen LogP contribution in [0.2, 0.25) is 0 Å². The molecule has 0 bridgehead atoms. The van der Waals surface area contributed by atoms with Crippen LogP contribution in [-0.4, -0.2) is 63.5 Å². The first kappa shape index (κ1) is 23.4. The van der Waals surface area contributed by atoms with Crippen molar-refractivity contribution in [3.05, 3.63) is 64.8 Å². The Kier molecular flexibility index (Phi) is 6.87. The average Bonchev–Trinajstić information content (AvgIpc) is 3.40. The summed E-state index contributed by atoms with van der Waals surface area (Å²) in [7, 11) is 3.92. The van der Waals surface area contributed by atoms with Crippen LogP contribution >= 0.6 is 11.3 Å². The predicted octanol–water partition coefficient (Wildman–Crippen LogP) is 2.92. The molecule has 34 heavy (non-hydrogen) atoms. The summed E-state index contributed by atoms with van der Waals surface area (Å²) in [5, 5.41) is 17.5. The smallest absolute Gasteiger partial charge is 0.274 e. The maximum atomic E-state index is 12.6. The lowest BCUT2D eigenvalue weighted by molar-refractivity contribution is 0.0706. The number of aryl methyl sites for hydroxylation is 1. The van der Waals surface area contributed by atoms with Crippen LogP contribution in [0.5, 0.6) is 0 Å². The fraction of sp³-hybridized carbons (Fsp3) is 0.217. The first-order chi connectivity index (χ1) is 16.4. The molecule has 0 radical (unpaired) electrons. The van der Waals surface area contributed by atoms with E-state index in [1.54, 1.807) is 42.0 Å². The lowest BCUT2D eigenvalue weighted by atomic mass is 10.2. The number of likely N-dealkylation sites (N-methyl/N-ethyl adjacent to an activating group) is 1. The number of pyridine rings is 1. The number of carbonyl (C=O) groups excluding carboxylic acids is 2. The SMILES string of the molecule is Cc1nc2ccc(C(=O)NCCN(C)C)cn2c1-c1csc(Nc2ccc(C(=O)NO)cc2)n1. The van der Waals surface area contributed by atoms with Crippen LogP contribution in [0.4, 0.5) is 10.8 Å². The number of hydroxylamine groups is 1. The summed E-state index contributed by atoms with van der Waals surface area (Å²) in [5.41, 5.74) is 6.34.